The molecule has 1 aliphatic heterocycles. The molecule has 1 heterocycles. The highest BCUT2D eigenvalue weighted by molar-refractivity contribution is 5.45. The lowest BCUT2D eigenvalue weighted by Gasteiger charge is -2.24. The molecule has 4 heteroatoms. The number of benzene rings is 1. The Bertz CT molecular complexity index is 475. The quantitative estimate of drug-likeness (QED) is 0.862. The summed E-state index contributed by atoms with van der Waals surface area (Å²) >= 11 is 0. The standard InChI is InChI=1S/C16H23N3O/c1-3-19(12-15-5-4-8-18-15)11-13-6-7-14(10-17)16(9-13)20-2/h6-7,9,15,18H,3-5,8,11-12H2,1-2H3. The maximum atomic E-state index is 9.01. The molecular weight excluding hydrogens is 250 g/mol. The molecule has 1 saturated heterocycles. The van der Waals surface area contributed by atoms with Gasteiger partial charge in [0.2, 0.25) is 0 Å². The highest BCUT2D eigenvalue weighted by atomic mass is 16.5. The molecule has 0 aliphatic carbocycles. The van der Waals surface area contributed by atoms with Gasteiger partial charge < -0.3 is 10.1 Å². The summed E-state index contributed by atoms with van der Waals surface area (Å²) in [6, 6.07) is 8.61. The monoisotopic (exact) mass is 273 g/mol. The third kappa shape index (κ3) is 3.72. The Morgan fingerprint density at radius 1 is 1.50 bits per heavy atom. The van der Waals surface area contributed by atoms with Gasteiger partial charge in [-0.15, -0.1) is 0 Å². The average Bonchev–Trinajstić information content (AvgIpc) is 2.99. The summed E-state index contributed by atoms with van der Waals surface area (Å²) in [6.07, 6.45) is 2.56. The molecule has 2 rings (SSSR count). The smallest absolute Gasteiger partial charge is 0.136 e. The number of nitriles is 1. The van der Waals surface area contributed by atoms with Crippen molar-refractivity contribution >= 4 is 0 Å². The van der Waals surface area contributed by atoms with Gasteiger partial charge in [0.15, 0.2) is 0 Å². The molecule has 20 heavy (non-hydrogen) atoms. The lowest BCUT2D eigenvalue weighted by atomic mass is 10.1. The molecule has 1 atom stereocenters. The van der Waals surface area contributed by atoms with Crippen LogP contribution in [0.1, 0.15) is 30.9 Å². The van der Waals surface area contributed by atoms with E-state index in [9.17, 15) is 0 Å². The van der Waals surface area contributed by atoms with Crippen molar-refractivity contribution < 1.29 is 4.74 Å². The van der Waals surface area contributed by atoms with Crippen LogP contribution >= 0.6 is 0 Å². The number of methoxy groups -OCH3 is 1. The highest BCUT2D eigenvalue weighted by Gasteiger charge is 2.17. The van der Waals surface area contributed by atoms with Crippen molar-refractivity contribution in [1.82, 2.24) is 10.2 Å². The van der Waals surface area contributed by atoms with Crippen LogP contribution in [0.5, 0.6) is 5.75 Å². The van der Waals surface area contributed by atoms with Gasteiger partial charge in [-0.1, -0.05) is 13.0 Å². The molecule has 0 bridgehead atoms. The third-order valence-electron chi connectivity index (χ3n) is 3.88. The summed E-state index contributed by atoms with van der Waals surface area (Å²) < 4.78 is 5.27. The minimum absolute atomic E-state index is 0.594. The predicted molar refractivity (Wildman–Crippen MR) is 79.7 cm³/mol. The van der Waals surface area contributed by atoms with Crippen LogP contribution in [-0.4, -0.2) is 37.7 Å². The number of hydrogen-bond acceptors (Lipinski definition) is 4. The topological polar surface area (TPSA) is 48.3 Å². The van der Waals surface area contributed by atoms with Crippen molar-refractivity contribution in [1.29, 1.82) is 5.26 Å². The van der Waals surface area contributed by atoms with Gasteiger partial charge in [-0.3, -0.25) is 4.90 Å². The van der Waals surface area contributed by atoms with Crippen LogP contribution in [0.3, 0.4) is 0 Å². The zero-order valence-electron chi connectivity index (χ0n) is 12.4. The summed E-state index contributed by atoms with van der Waals surface area (Å²) in [5.74, 6) is 0.667. The van der Waals surface area contributed by atoms with E-state index in [1.54, 1.807) is 7.11 Å². The first-order chi connectivity index (χ1) is 9.76. The maximum Gasteiger partial charge on any atom is 0.136 e. The van der Waals surface area contributed by atoms with Gasteiger partial charge in [0.25, 0.3) is 0 Å². The summed E-state index contributed by atoms with van der Waals surface area (Å²) in [6.45, 7) is 6.35. The third-order valence-corrected chi connectivity index (χ3v) is 3.88. The maximum absolute atomic E-state index is 9.01. The summed E-state index contributed by atoms with van der Waals surface area (Å²) in [4.78, 5) is 2.43. The van der Waals surface area contributed by atoms with Gasteiger partial charge in [0.1, 0.15) is 11.8 Å². The largest absolute Gasteiger partial charge is 0.495 e. The zero-order valence-corrected chi connectivity index (χ0v) is 12.4. The fraction of sp³-hybridized carbons (Fsp3) is 0.562. The van der Waals surface area contributed by atoms with Crippen LogP contribution in [-0.2, 0) is 6.54 Å². The molecule has 1 aromatic rings. The first-order valence-corrected chi connectivity index (χ1v) is 7.29. The Balaban J connectivity index is 2.01. The average molecular weight is 273 g/mol. The van der Waals surface area contributed by atoms with E-state index >= 15 is 0 Å². The molecule has 0 saturated carbocycles. The Morgan fingerprint density at radius 2 is 2.35 bits per heavy atom. The fourth-order valence-corrected chi connectivity index (χ4v) is 2.71. The van der Waals surface area contributed by atoms with Crippen LogP contribution in [0, 0.1) is 11.3 Å². The van der Waals surface area contributed by atoms with E-state index in [2.05, 4.69) is 23.2 Å². The lowest BCUT2D eigenvalue weighted by Crippen LogP contribution is -2.37. The number of nitrogens with one attached hydrogen (secondary N) is 1. The Morgan fingerprint density at radius 3 is 2.95 bits per heavy atom. The molecule has 108 valence electrons. The van der Waals surface area contributed by atoms with Crippen molar-refractivity contribution in [3.8, 4) is 11.8 Å². The SMILES string of the molecule is CCN(Cc1ccc(C#N)c(OC)c1)CC1CCCN1. The van der Waals surface area contributed by atoms with Gasteiger partial charge in [-0.2, -0.15) is 5.26 Å². The van der Waals surface area contributed by atoms with Crippen LogP contribution < -0.4 is 10.1 Å². The van der Waals surface area contributed by atoms with Crippen LogP contribution in [0.15, 0.2) is 18.2 Å². The Labute approximate surface area is 121 Å². The molecule has 1 N–H and O–H groups in total. The van der Waals surface area contributed by atoms with E-state index in [1.807, 2.05) is 18.2 Å². The number of ether oxygens (including phenoxy) is 1. The highest BCUT2D eigenvalue weighted by Crippen LogP contribution is 2.20. The first kappa shape index (κ1) is 14.8. The van der Waals surface area contributed by atoms with Crippen LogP contribution in [0.2, 0.25) is 0 Å². The second kappa shape index (κ2) is 7.28. The molecule has 0 amide bonds. The fourth-order valence-electron chi connectivity index (χ4n) is 2.71. The number of likely N-dealkylation sites (N-methyl/N-ethyl adjacent to an activating group) is 1. The lowest BCUT2D eigenvalue weighted by molar-refractivity contribution is 0.253. The van der Waals surface area contributed by atoms with E-state index in [0.29, 0.717) is 17.4 Å². The molecule has 1 aromatic carbocycles. The Hall–Kier alpha value is -1.57. The Kier molecular flexibility index (Phi) is 5.40. The van der Waals surface area contributed by atoms with Gasteiger partial charge in [0, 0.05) is 19.1 Å². The van der Waals surface area contributed by atoms with Gasteiger partial charge >= 0.3 is 0 Å². The van der Waals surface area contributed by atoms with E-state index in [-0.39, 0.29) is 0 Å². The van der Waals surface area contributed by atoms with Crippen molar-refractivity contribution in [3.63, 3.8) is 0 Å². The molecule has 1 unspecified atom stereocenters. The summed E-state index contributed by atoms with van der Waals surface area (Å²) in [5.41, 5.74) is 1.79. The van der Waals surface area contributed by atoms with Crippen molar-refractivity contribution in [2.45, 2.75) is 32.4 Å². The molecule has 1 fully saturated rings. The van der Waals surface area contributed by atoms with E-state index in [4.69, 9.17) is 10.00 Å². The molecule has 0 radical (unpaired) electrons. The van der Waals surface area contributed by atoms with E-state index in [1.165, 1.54) is 18.4 Å². The van der Waals surface area contributed by atoms with Crippen LogP contribution in [0.25, 0.3) is 0 Å². The van der Waals surface area contributed by atoms with Crippen LogP contribution in [0.4, 0.5) is 0 Å². The van der Waals surface area contributed by atoms with Crippen molar-refractivity contribution in [2.75, 3.05) is 26.7 Å². The van der Waals surface area contributed by atoms with Gasteiger partial charge in [-0.05, 0) is 43.6 Å². The summed E-state index contributed by atoms with van der Waals surface area (Å²) in [7, 11) is 1.61. The predicted octanol–water partition coefficient (Wildman–Crippen LogP) is 2.14. The number of rotatable bonds is 6. The van der Waals surface area contributed by atoms with E-state index < -0.39 is 0 Å². The molecule has 4 nitrogen and oxygen atoms in total. The van der Waals surface area contributed by atoms with Gasteiger partial charge in [0.05, 0.1) is 12.7 Å². The molecule has 1 aliphatic rings. The second-order valence-corrected chi connectivity index (χ2v) is 5.27. The minimum Gasteiger partial charge on any atom is -0.495 e. The number of hydrogen-bond donors (Lipinski definition) is 1. The molecule has 0 spiro atoms. The van der Waals surface area contributed by atoms with Gasteiger partial charge in [-0.25, -0.2) is 0 Å². The number of nitrogens with zero attached hydrogens (tertiary/aromatic N) is 2. The molecule has 0 aromatic heterocycles. The van der Waals surface area contributed by atoms with Crippen molar-refractivity contribution in [3.05, 3.63) is 29.3 Å². The van der Waals surface area contributed by atoms with Crippen molar-refractivity contribution in [2.24, 2.45) is 0 Å². The summed E-state index contributed by atoms with van der Waals surface area (Å²) in [5, 5.41) is 12.5. The first-order valence-electron chi connectivity index (χ1n) is 7.29. The normalized spacial score (nSPS) is 18.2. The second-order valence-electron chi connectivity index (χ2n) is 5.27. The zero-order chi connectivity index (χ0) is 14.4. The van der Waals surface area contributed by atoms with E-state index in [0.717, 1.165) is 26.2 Å². The molecular formula is C16H23N3O. The minimum atomic E-state index is 0.594.